The van der Waals surface area contributed by atoms with E-state index in [1.165, 1.54) is 0 Å². The van der Waals surface area contributed by atoms with Crippen molar-refractivity contribution in [2.45, 2.75) is 44.4 Å². The van der Waals surface area contributed by atoms with Crippen LogP contribution in [0.2, 0.25) is 5.02 Å². The second-order valence-corrected chi connectivity index (χ2v) is 10.2. The molecule has 0 aromatic heterocycles. The molecular formula is C27H26ClN3O2. The van der Waals surface area contributed by atoms with Gasteiger partial charge in [-0.15, -0.1) is 0 Å². The lowest BCUT2D eigenvalue weighted by Crippen LogP contribution is -2.67. The number of carbonyl (C=O) groups is 1. The minimum atomic E-state index is -1.56. The van der Waals surface area contributed by atoms with Gasteiger partial charge in [-0.3, -0.25) is 4.79 Å². The van der Waals surface area contributed by atoms with Gasteiger partial charge < -0.3 is 15.3 Å². The predicted molar refractivity (Wildman–Crippen MR) is 132 cm³/mol. The number of rotatable bonds is 2. The number of hydrogen-bond donors (Lipinski definition) is 2. The minimum Gasteiger partial charge on any atom is -0.382 e. The van der Waals surface area contributed by atoms with E-state index in [0.717, 1.165) is 5.69 Å². The Kier molecular flexibility index (Phi) is 4.71. The van der Waals surface area contributed by atoms with E-state index in [1.54, 1.807) is 13.0 Å². The monoisotopic (exact) mass is 459 g/mol. The number of para-hydroxylation sites is 2. The summed E-state index contributed by atoms with van der Waals surface area (Å²) in [6, 6.07) is 22.5. The zero-order valence-electron chi connectivity index (χ0n) is 19.1. The van der Waals surface area contributed by atoms with E-state index in [9.17, 15) is 9.90 Å². The summed E-state index contributed by atoms with van der Waals surface area (Å²) in [6.07, 6.45) is 0. The lowest BCUT2D eigenvalue weighted by Gasteiger charge is -2.49. The Morgan fingerprint density at radius 1 is 0.970 bits per heavy atom. The highest BCUT2D eigenvalue weighted by molar-refractivity contribution is 6.36. The van der Waals surface area contributed by atoms with E-state index >= 15 is 0 Å². The summed E-state index contributed by atoms with van der Waals surface area (Å²) in [5.74, 6) is 0.219. The molecule has 33 heavy (non-hydrogen) atoms. The van der Waals surface area contributed by atoms with E-state index in [4.69, 9.17) is 16.6 Å². The lowest BCUT2D eigenvalue weighted by molar-refractivity contribution is -0.138. The van der Waals surface area contributed by atoms with Gasteiger partial charge in [0.15, 0.2) is 5.54 Å². The summed E-state index contributed by atoms with van der Waals surface area (Å²) in [4.78, 5) is 21.2. The van der Waals surface area contributed by atoms with Crippen LogP contribution in [0, 0.1) is 0 Å². The highest BCUT2D eigenvalue weighted by Gasteiger charge is 2.68. The van der Waals surface area contributed by atoms with Crippen LogP contribution >= 0.6 is 11.6 Å². The first-order valence-electron chi connectivity index (χ1n) is 11.0. The van der Waals surface area contributed by atoms with Crippen molar-refractivity contribution < 1.29 is 9.90 Å². The zero-order chi connectivity index (χ0) is 23.6. The first kappa shape index (κ1) is 21.7. The molecule has 6 heteroatoms. The predicted octanol–water partition coefficient (Wildman–Crippen LogP) is 5.27. The molecule has 2 unspecified atom stereocenters. The van der Waals surface area contributed by atoms with Crippen LogP contribution in [0.3, 0.4) is 0 Å². The summed E-state index contributed by atoms with van der Waals surface area (Å²) >= 11 is 6.63. The molecule has 5 nitrogen and oxygen atoms in total. The molecule has 0 bridgehead atoms. The van der Waals surface area contributed by atoms with Gasteiger partial charge in [-0.05, 0) is 52.0 Å². The number of nitrogens with zero attached hydrogens (tertiary/aromatic N) is 2. The van der Waals surface area contributed by atoms with Gasteiger partial charge in [0.1, 0.15) is 11.4 Å². The molecule has 168 valence electrons. The number of benzene rings is 3. The average molecular weight is 460 g/mol. The van der Waals surface area contributed by atoms with E-state index < -0.39 is 16.7 Å². The van der Waals surface area contributed by atoms with Gasteiger partial charge in [0.2, 0.25) is 0 Å². The largest absolute Gasteiger partial charge is 0.382 e. The van der Waals surface area contributed by atoms with Gasteiger partial charge >= 0.3 is 0 Å². The molecule has 0 radical (unpaired) electrons. The molecular weight excluding hydrogens is 434 g/mol. The number of carbonyl (C=O) groups excluding carboxylic acids is 1. The number of aliphatic hydroxyl groups is 1. The average Bonchev–Trinajstić information content (AvgIpc) is 2.98. The standard InChI is InChI=1S/C27H26ClN3O2/c1-25(2,3)30-24(32)27-18-12-6-9-15-21(18)29-23(17-11-5-8-14-20(17)28)31(27)22-16-10-7-13-19(22)26(27,4)33/h5-16,33H,1-4H3,(H,30,32). The number of fused-ring (bicyclic) bond motifs is 5. The summed E-state index contributed by atoms with van der Waals surface area (Å²) in [5.41, 5.74) is -0.228. The Balaban J connectivity index is 1.91. The fourth-order valence-electron chi connectivity index (χ4n) is 5.07. The van der Waals surface area contributed by atoms with Gasteiger partial charge in [-0.1, -0.05) is 60.1 Å². The van der Waals surface area contributed by atoms with Crippen LogP contribution in [0.5, 0.6) is 0 Å². The maximum absolute atomic E-state index is 14.3. The first-order chi connectivity index (χ1) is 15.6. The number of nitrogens with one attached hydrogen (secondary N) is 1. The van der Waals surface area contributed by atoms with Crippen molar-refractivity contribution in [1.29, 1.82) is 0 Å². The van der Waals surface area contributed by atoms with Crippen molar-refractivity contribution in [3.05, 3.63) is 94.5 Å². The molecule has 3 aromatic rings. The summed E-state index contributed by atoms with van der Waals surface area (Å²) in [6.45, 7) is 7.50. The third kappa shape index (κ3) is 2.96. The lowest BCUT2D eigenvalue weighted by atomic mass is 9.71. The summed E-state index contributed by atoms with van der Waals surface area (Å²) in [5, 5.41) is 15.9. The highest BCUT2D eigenvalue weighted by atomic mass is 35.5. The van der Waals surface area contributed by atoms with Gasteiger partial charge in [0.25, 0.3) is 5.91 Å². The van der Waals surface area contributed by atoms with Crippen molar-refractivity contribution in [2.24, 2.45) is 4.99 Å². The van der Waals surface area contributed by atoms with Crippen LogP contribution in [-0.4, -0.2) is 22.4 Å². The Hall–Kier alpha value is -3.15. The van der Waals surface area contributed by atoms with Crippen LogP contribution in [-0.2, 0) is 15.9 Å². The first-order valence-corrected chi connectivity index (χ1v) is 11.3. The number of anilines is 1. The van der Waals surface area contributed by atoms with E-state index in [0.29, 0.717) is 33.2 Å². The summed E-state index contributed by atoms with van der Waals surface area (Å²) < 4.78 is 0. The molecule has 2 heterocycles. The number of amidine groups is 1. The molecule has 1 amide bonds. The molecule has 0 aliphatic carbocycles. The Morgan fingerprint density at radius 3 is 2.27 bits per heavy atom. The number of hydrogen-bond acceptors (Lipinski definition) is 4. The maximum Gasteiger partial charge on any atom is 0.254 e. The Bertz CT molecular complexity index is 1310. The molecule has 2 N–H and O–H groups in total. The van der Waals surface area contributed by atoms with Crippen molar-refractivity contribution in [3.63, 3.8) is 0 Å². The van der Waals surface area contributed by atoms with E-state index in [-0.39, 0.29) is 5.91 Å². The minimum absolute atomic E-state index is 0.303. The fraction of sp³-hybridized carbons (Fsp3) is 0.259. The molecule has 0 saturated heterocycles. The van der Waals surface area contributed by atoms with Crippen molar-refractivity contribution in [3.8, 4) is 0 Å². The van der Waals surface area contributed by atoms with Gasteiger partial charge in [-0.2, -0.15) is 0 Å². The van der Waals surface area contributed by atoms with E-state index in [1.807, 2.05) is 92.4 Å². The topological polar surface area (TPSA) is 64.9 Å². The van der Waals surface area contributed by atoms with Crippen molar-refractivity contribution in [1.82, 2.24) is 5.32 Å². The molecule has 2 aliphatic rings. The van der Waals surface area contributed by atoms with Gasteiger partial charge in [0, 0.05) is 22.2 Å². The van der Waals surface area contributed by atoms with Crippen LogP contribution < -0.4 is 10.2 Å². The maximum atomic E-state index is 14.3. The molecule has 0 spiro atoms. The second-order valence-electron chi connectivity index (χ2n) is 9.77. The molecule has 2 atom stereocenters. The Morgan fingerprint density at radius 2 is 1.58 bits per heavy atom. The van der Waals surface area contributed by atoms with Crippen molar-refractivity contribution in [2.75, 3.05) is 4.90 Å². The van der Waals surface area contributed by atoms with Crippen LogP contribution in [0.15, 0.2) is 77.8 Å². The number of amides is 1. The van der Waals surface area contributed by atoms with Crippen LogP contribution in [0.25, 0.3) is 0 Å². The second kappa shape index (κ2) is 7.17. The van der Waals surface area contributed by atoms with Gasteiger partial charge in [-0.25, -0.2) is 4.99 Å². The van der Waals surface area contributed by atoms with Crippen LogP contribution in [0.4, 0.5) is 11.4 Å². The van der Waals surface area contributed by atoms with E-state index in [2.05, 4.69) is 5.32 Å². The zero-order valence-corrected chi connectivity index (χ0v) is 19.8. The Labute approximate surface area is 198 Å². The fourth-order valence-corrected chi connectivity index (χ4v) is 5.29. The third-order valence-corrected chi connectivity index (χ3v) is 6.70. The quantitative estimate of drug-likeness (QED) is 0.548. The summed E-state index contributed by atoms with van der Waals surface area (Å²) in [7, 11) is 0. The molecule has 0 saturated carbocycles. The smallest absolute Gasteiger partial charge is 0.254 e. The van der Waals surface area contributed by atoms with Crippen molar-refractivity contribution >= 4 is 34.7 Å². The molecule has 0 fully saturated rings. The third-order valence-electron chi connectivity index (χ3n) is 6.37. The molecule has 2 aliphatic heterocycles. The SMILES string of the molecule is CC(C)(C)NC(=O)C12c3ccccc3N=C(c3ccccc3Cl)N1c1ccccc1C2(C)O. The highest BCUT2D eigenvalue weighted by Crippen LogP contribution is 2.60. The van der Waals surface area contributed by atoms with Gasteiger partial charge in [0.05, 0.1) is 16.4 Å². The normalized spacial score (nSPS) is 23.3. The molecule has 3 aromatic carbocycles. The number of aliphatic imine (C=N–C) groups is 1. The molecule has 5 rings (SSSR count). The number of halogens is 1. The van der Waals surface area contributed by atoms with Crippen LogP contribution in [0.1, 0.15) is 44.4 Å².